The van der Waals surface area contributed by atoms with Crippen molar-refractivity contribution in [1.82, 2.24) is 5.32 Å². The van der Waals surface area contributed by atoms with Gasteiger partial charge in [-0.3, -0.25) is 14.9 Å². The molecular formula is C11H10ClNO4. The largest absolute Gasteiger partial charge is 0.426 e. The van der Waals surface area contributed by atoms with Crippen molar-refractivity contribution in [3.05, 3.63) is 33.4 Å². The molecule has 1 aliphatic heterocycles. The van der Waals surface area contributed by atoms with Gasteiger partial charge >= 0.3 is 5.63 Å². The van der Waals surface area contributed by atoms with E-state index in [1.54, 1.807) is 0 Å². The highest BCUT2D eigenvalue weighted by Crippen LogP contribution is 2.18. The Labute approximate surface area is 102 Å². The van der Waals surface area contributed by atoms with Gasteiger partial charge in [-0.2, -0.15) is 0 Å². The minimum Gasteiger partial charge on any atom is -0.426 e. The molecule has 2 amide bonds. The summed E-state index contributed by atoms with van der Waals surface area (Å²) >= 11 is 5.58. The van der Waals surface area contributed by atoms with Crippen molar-refractivity contribution in [2.24, 2.45) is 0 Å². The highest BCUT2D eigenvalue weighted by atomic mass is 35.5. The number of aryl methyl sites for hydroxylation is 1. The molecule has 0 aromatic carbocycles. The number of carbonyl (C=O) groups is 2. The van der Waals surface area contributed by atoms with Crippen LogP contribution in [0.1, 0.15) is 28.1 Å². The zero-order valence-corrected chi connectivity index (χ0v) is 9.67. The van der Waals surface area contributed by atoms with E-state index < -0.39 is 17.4 Å². The van der Waals surface area contributed by atoms with Gasteiger partial charge in [-0.25, -0.2) is 4.79 Å². The molecule has 0 aliphatic carbocycles. The van der Waals surface area contributed by atoms with Gasteiger partial charge in [-0.1, -0.05) is 0 Å². The molecule has 0 fully saturated rings. The number of imide groups is 1. The number of nitrogens with one attached hydrogen (secondary N) is 1. The molecule has 1 aromatic rings. The van der Waals surface area contributed by atoms with E-state index in [-0.39, 0.29) is 12.2 Å². The number of rotatable bonds is 3. The number of alkyl halides is 1. The minimum atomic E-state index is -0.546. The van der Waals surface area contributed by atoms with E-state index in [4.69, 9.17) is 16.0 Å². The molecule has 1 aliphatic rings. The summed E-state index contributed by atoms with van der Waals surface area (Å²) in [5.74, 6) is -0.379. The number of carbonyl (C=O) groups excluding carboxylic acids is 2. The first kappa shape index (κ1) is 11.9. The van der Waals surface area contributed by atoms with E-state index in [1.807, 2.05) is 0 Å². The lowest BCUT2D eigenvalue weighted by Gasteiger charge is -2.16. The first-order valence-electron chi connectivity index (χ1n) is 5.18. The standard InChI is InChI=1S/C11H10ClNO4/c12-3-1-2-6-4-9(15)17-7-5-8(14)13-11(16)10(6)7/h4H,1-3,5H2,(H,13,14,16). The van der Waals surface area contributed by atoms with Crippen molar-refractivity contribution in [3.8, 4) is 0 Å². The van der Waals surface area contributed by atoms with Crippen LogP contribution in [-0.2, 0) is 17.6 Å². The van der Waals surface area contributed by atoms with Gasteiger partial charge in [0.25, 0.3) is 5.91 Å². The molecule has 2 heterocycles. The molecule has 5 nitrogen and oxygen atoms in total. The van der Waals surface area contributed by atoms with Gasteiger partial charge in [0, 0.05) is 11.9 Å². The fourth-order valence-corrected chi connectivity index (χ4v) is 1.96. The van der Waals surface area contributed by atoms with Gasteiger partial charge in [-0.05, 0) is 18.4 Å². The van der Waals surface area contributed by atoms with Crippen molar-refractivity contribution >= 4 is 23.4 Å². The summed E-state index contributed by atoms with van der Waals surface area (Å²) in [5.41, 5.74) is 0.340. The van der Waals surface area contributed by atoms with Crippen LogP contribution in [0.2, 0.25) is 0 Å². The summed E-state index contributed by atoms with van der Waals surface area (Å²) in [6.45, 7) is 0. The van der Waals surface area contributed by atoms with Crippen LogP contribution in [0.4, 0.5) is 0 Å². The molecule has 1 N–H and O–H groups in total. The van der Waals surface area contributed by atoms with Gasteiger partial charge in [0.1, 0.15) is 5.76 Å². The Bertz CT molecular complexity index is 535. The van der Waals surface area contributed by atoms with E-state index in [2.05, 4.69) is 5.32 Å². The maximum atomic E-state index is 11.7. The van der Waals surface area contributed by atoms with E-state index in [9.17, 15) is 14.4 Å². The first-order valence-corrected chi connectivity index (χ1v) is 5.71. The molecule has 90 valence electrons. The van der Waals surface area contributed by atoms with Crippen LogP contribution in [0.5, 0.6) is 0 Å². The van der Waals surface area contributed by atoms with E-state index >= 15 is 0 Å². The normalized spacial score (nSPS) is 14.4. The molecule has 17 heavy (non-hydrogen) atoms. The monoisotopic (exact) mass is 255 g/mol. The Kier molecular flexibility index (Phi) is 3.28. The second kappa shape index (κ2) is 4.71. The van der Waals surface area contributed by atoms with Gasteiger partial charge in [0.05, 0.1) is 12.0 Å². The van der Waals surface area contributed by atoms with Crippen molar-refractivity contribution < 1.29 is 14.0 Å². The van der Waals surface area contributed by atoms with Gasteiger partial charge in [-0.15, -0.1) is 11.6 Å². The fraction of sp³-hybridized carbons (Fsp3) is 0.364. The van der Waals surface area contributed by atoms with Crippen LogP contribution in [-0.4, -0.2) is 17.7 Å². The predicted octanol–water partition coefficient (Wildman–Crippen LogP) is 0.624. The summed E-state index contributed by atoms with van der Waals surface area (Å²) in [4.78, 5) is 34.1. The molecule has 0 radical (unpaired) electrons. The van der Waals surface area contributed by atoms with Crippen molar-refractivity contribution in [3.63, 3.8) is 0 Å². The number of hydrogen-bond acceptors (Lipinski definition) is 4. The average Bonchev–Trinajstić information content (AvgIpc) is 2.24. The lowest BCUT2D eigenvalue weighted by molar-refractivity contribution is -0.120. The van der Waals surface area contributed by atoms with E-state index in [1.165, 1.54) is 6.07 Å². The number of halogens is 1. The SMILES string of the molecule is O=C1Cc2oc(=O)cc(CCCCl)c2C(=O)N1. The van der Waals surface area contributed by atoms with Crippen LogP contribution in [0.25, 0.3) is 0 Å². The zero-order valence-electron chi connectivity index (χ0n) is 8.92. The predicted molar refractivity (Wildman–Crippen MR) is 60.2 cm³/mol. The summed E-state index contributed by atoms with van der Waals surface area (Å²) in [7, 11) is 0. The lowest BCUT2D eigenvalue weighted by Crippen LogP contribution is -2.38. The summed E-state index contributed by atoms with van der Waals surface area (Å²) in [6, 6.07) is 1.28. The Morgan fingerprint density at radius 1 is 1.35 bits per heavy atom. The molecule has 0 saturated carbocycles. The third kappa shape index (κ3) is 2.39. The smallest absolute Gasteiger partial charge is 0.336 e. The third-order valence-corrected chi connectivity index (χ3v) is 2.76. The highest BCUT2D eigenvalue weighted by molar-refractivity contribution is 6.17. The average molecular weight is 256 g/mol. The molecule has 0 bridgehead atoms. The third-order valence-electron chi connectivity index (χ3n) is 2.50. The Morgan fingerprint density at radius 3 is 2.82 bits per heavy atom. The van der Waals surface area contributed by atoms with Crippen molar-refractivity contribution in [2.45, 2.75) is 19.3 Å². The van der Waals surface area contributed by atoms with Crippen LogP contribution < -0.4 is 10.9 Å². The molecule has 0 atom stereocenters. The molecule has 6 heteroatoms. The van der Waals surface area contributed by atoms with Crippen LogP contribution in [0, 0.1) is 0 Å². The summed E-state index contributed by atoms with van der Waals surface area (Å²) in [6.07, 6.45) is 1.09. The molecule has 0 saturated heterocycles. The molecule has 1 aromatic heterocycles. The van der Waals surface area contributed by atoms with E-state index in [0.717, 1.165) is 0 Å². The van der Waals surface area contributed by atoms with Crippen LogP contribution >= 0.6 is 11.6 Å². The lowest BCUT2D eigenvalue weighted by atomic mass is 9.99. The molecule has 0 spiro atoms. The van der Waals surface area contributed by atoms with Gasteiger partial charge in [0.2, 0.25) is 5.91 Å². The topological polar surface area (TPSA) is 76.4 Å². The molecular weight excluding hydrogens is 246 g/mol. The summed E-state index contributed by atoms with van der Waals surface area (Å²) < 4.78 is 4.89. The van der Waals surface area contributed by atoms with Gasteiger partial charge < -0.3 is 4.42 Å². The van der Waals surface area contributed by atoms with E-state index in [0.29, 0.717) is 29.8 Å². The summed E-state index contributed by atoms with van der Waals surface area (Å²) in [5, 5.41) is 2.20. The van der Waals surface area contributed by atoms with Crippen molar-refractivity contribution in [2.75, 3.05) is 5.88 Å². The highest BCUT2D eigenvalue weighted by Gasteiger charge is 2.27. The Balaban J connectivity index is 2.49. The van der Waals surface area contributed by atoms with Crippen LogP contribution in [0.3, 0.4) is 0 Å². The van der Waals surface area contributed by atoms with Crippen molar-refractivity contribution in [1.29, 1.82) is 0 Å². The molecule has 2 rings (SSSR count). The first-order chi connectivity index (χ1) is 8.11. The zero-order chi connectivity index (χ0) is 12.4. The minimum absolute atomic E-state index is 0.0783. The maximum Gasteiger partial charge on any atom is 0.336 e. The number of amides is 2. The quantitative estimate of drug-likeness (QED) is 0.635. The second-order valence-electron chi connectivity index (χ2n) is 3.74. The maximum absolute atomic E-state index is 11.7. The molecule has 0 unspecified atom stereocenters. The van der Waals surface area contributed by atoms with Crippen LogP contribution in [0.15, 0.2) is 15.3 Å². The number of hydrogen-bond donors (Lipinski definition) is 1. The fourth-order valence-electron chi connectivity index (χ4n) is 1.83. The van der Waals surface area contributed by atoms with Gasteiger partial charge in [0.15, 0.2) is 0 Å². The second-order valence-corrected chi connectivity index (χ2v) is 4.11. The Morgan fingerprint density at radius 2 is 2.12 bits per heavy atom. The number of fused-ring (bicyclic) bond motifs is 1. The Hall–Kier alpha value is -1.62.